The molecule has 2 heterocycles. The Labute approximate surface area is 153 Å². The van der Waals surface area contributed by atoms with Gasteiger partial charge >= 0.3 is 12.6 Å². The van der Waals surface area contributed by atoms with Crippen molar-refractivity contribution in [3.8, 4) is 17.6 Å². The van der Waals surface area contributed by atoms with Gasteiger partial charge in [0.05, 0.1) is 18.2 Å². The minimum atomic E-state index is -3.13. The fourth-order valence-electron chi connectivity index (χ4n) is 2.68. The number of esters is 1. The maximum absolute atomic E-state index is 12.7. The molecule has 0 unspecified atom stereocenters. The molecule has 0 aliphatic rings. The molecule has 0 atom stereocenters. The van der Waals surface area contributed by atoms with Gasteiger partial charge in [0.2, 0.25) is 0 Å². The molecule has 2 aromatic heterocycles. The van der Waals surface area contributed by atoms with Crippen LogP contribution in [-0.2, 0) is 11.3 Å². The number of benzene rings is 1. The number of nitrogens with zero attached hydrogens (tertiary/aromatic N) is 2. The van der Waals surface area contributed by atoms with Gasteiger partial charge in [0.25, 0.3) is 0 Å². The first-order valence-electron chi connectivity index (χ1n) is 7.82. The van der Waals surface area contributed by atoms with Crippen molar-refractivity contribution >= 4 is 11.5 Å². The summed E-state index contributed by atoms with van der Waals surface area (Å²) in [6.07, 6.45) is 3.43. The van der Waals surface area contributed by atoms with Crippen LogP contribution in [0.2, 0.25) is 0 Å². The second-order valence-electron chi connectivity index (χ2n) is 5.43. The van der Waals surface area contributed by atoms with E-state index >= 15 is 0 Å². The van der Waals surface area contributed by atoms with Gasteiger partial charge in [-0.05, 0) is 24.3 Å². The molecule has 0 aliphatic carbocycles. The van der Waals surface area contributed by atoms with E-state index in [1.807, 2.05) is 0 Å². The number of fused-ring (bicyclic) bond motifs is 1. The van der Waals surface area contributed by atoms with Gasteiger partial charge in [-0.3, -0.25) is 0 Å². The Morgan fingerprint density at radius 1 is 1.26 bits per heavy atom. The molecular weight excluding hydrogens is 358 g/mol. The molecule has 6 nitrogen and oxygen atoms in total. The summed E-state index contributed by atoms with van der Waals surface area (Å²) in [5, 5.41) is 9.38. The average molecular weight is 372 g/mol. The van der Waals surface area contributed by atoms with Crippen LogP contribution in [0, 0.1) is 11.3 Å². The molecule has 0 saturated heterocycles. The van der Waals surface area contributed by atoms with Crippen molar-refractivity contribution in [2.24, 2.45) is 0 Å². The molecule has 0 aliphatic heterocycles. The third-order valence-corrected chi connectivity index (χ3v) is 3.86. The van der Waals surface area contributed by atoms with Gasteiger partial charge in [-0.15, -0.1) is 0 Å². The van der Waals surface area contributed by atoms with Crippen molar-refractivity contribution in [2.45, 2.75) is 13.2 Å². The number of ether oxygens (including phenoxy) is 3. The first kappa shape index (κ1) is 18.2. The number of pyridine rings is 1. The third-order valence-electron chi connectivity index (χ3n) is 3.86. The molecule has 3 aromatic rings. The lowest BCUT2D eigenvalue weighted by Crippen LogP contribution is -2.11. The second kappa shape index (κ2) is 7.74. The van der Waals surface area contributed by atoms with Crippen LogP contribution < -0.4 is 9.47 Å². The number of carbonyl (C=O) groups is 1. The van der Waals surface area contributed by atoms with E-state index < -0.39 is 18.3 Å². The van der Waals surface area contributed by atoms with Crippen LogP contribution in [0.25, 0.3) is 5.52 Å². The number of hydrogen-bond donors (Lipinski definition) is 0. The summed E-state index contributed by atoms with van der Waals surface area (Å²) in [5.41, 5.74) is 1.35. The normalized spacial score (nSPS) is 10.6. The smallest absolute Gasteiger partial charge is 0.387 e. The van der Waals surface area contributed by atoms with Gasteiger partial charge in [0.1, 0.15) is 18.2 Å². The number of nitriles is 1. The Morgan fingerprint density at radius 3 is 2.78 bits per heavy atom. The van der Waals surface area contributed by atoms with E-state index in [2.05, 4.69) is 10.8 Å². The number of aromatic nitrogens is 1. The fourth-order valence-corrected chi connectivity index (χ4v) is 2.68. The van der Waals surface area contributed by atoms with Gasteiger partial charge in [0, 0.05) is 18.0 Å². The summed E-state index contributed by atoms with van der Waals surface area (Å²) in [7, 11) is 1.27. The Bertz CT molecular complexity index is 1020. The van der Waals surface area contributed by atoms with Gasteiger partial charge < -0.3 is 18.6 Å². The van der Waals surface area contributed by atoms with Crippen molar-refractivity contribution in [1.82, 2.24) is 4.40 Å². The topological polar surface area (TPSA) is 73.0 Å². The van der Waals surface area contributed by atoms with Crippen LogP contribution in [-0.4, -0.2) is 24.1 Å². The Morgan fingerprint density at radius 2 is 2.07 bits per heavy atom. The zero-order chi connectivity index (χ0) is 19.4. The van der Waals surface area contributed by atoms with Crippen molar-refractivity contribution in [3.05, 3.63) is 65.5 Å². The average Bonchev–Trinajstić information content (AvgIpc) is 3.03. The molecule has 138 valence electrons. The lowest BCUT2D eigenvalue weighted by Gasteiger charge is -2.13. The van der Waals surface area contributed by atoms with Gasteiger partial charge in [0.15, 0.2) is 11.5 Å². The zero-order valence-corrected chi connectivity index (χ0v) is 14.2. The zero-order valence-electron chi connectivity index (χ0n) is 14.2. The van der Waals surface area contributed by atoms with Crippen LogP contribution in [0.5, 0.6) is 11.5 Å². The molecule has 0 N–H and O–H groups in total. The highest BCUT2D eigenvalue weighted by atomic mass is 19.3. The number of methoxy groups -OCH3 is 1. The van der Waals surface area contributed by atoms with Crippen LogP contribution in [0.4, 0.5) is 8.78 Å². The predicted molar refractivity (Wildman–Crippen MR) is 90.9 cm³/mol. The van der Waals surface area contributed by atoms with E-state index in [1.54, 1.807) is 35.0 Å². The molecule has 27 heavy (non-hydrogen) atoms. The van der Waals surface area contributed by atoms with Gasteiger partial charge in [-0.1, -0.05) is 12.1 Å². The quantitative estimate of drug-likeness (QED) is 0.616. The number of rotatable bonds is 6. The third kappa shape index (κ3) is 3.67. The first-order valence-corrected chi connectivity index (χ1v) is 7.82. The summed E-state index contributed by atoms with van der Waals surface area (Å²) in [4.78, 5) is 12.4. The van der Waals surface area contributed by atoms with E-state index in [0.29, 0.717) is 16.6 Å². The minimum Gasteiger partial charge on any atom is -0.493 e. The predicted octanol–water partition coefficient (Wildman–Crippen LogP) is 3.78. The maximum atomic E-state index is 12.7. The number of carbonyl (C=O) groups excluding carboxylic acids is 1. The molecule has 3 rings (SSSR count). The molecule has 0 spiro atoms. The SMILES string of the molecule is COc1cccc(C(=O)OCc2cn3ccccc3c2C#N)c1OC(F)F. The molecule has 1 aromatic carbocycles. The van der Waals surface area contributed by atoms with Crippen LogP contribution >= 0.6 is 0 Å². The lowest BCUT2D eigenvalue weighted by molar-refractivity contribution is -0.0518. The van der Waals surface area contributed by atoms with Crippen molar-refractivity contribution in [3.63, 3.8) is 0 Å². The Kier molecular flexibility index (Phi) is 5.22. The highest BCUT2D eigenvalue weighted by Crippen LogP contribution is 2.33. The lowest BCUT2D eigenvalue weighted by atomic mass is 10.1. The molecule has 8 heteroatoms. The highest BCUT2D eigenvalue weighted by Gasteiger charge is 2.22. The van der Waals surface area contributed by atoms with E-state index in [9.17, 15) is 18.8 Å². The van der Waals surface area contributed by atoms with Crippen molar-refractivity contribution < 1.29 is 27.8 Å². The van der Waals surface area contributed by atoms with E-state index in [0.717, 1.165) is 0 Å². The van der Waals surface area contributed by atoms with E-state index in [-0.39, 0.29) is 17.9 Å². The molecule has 0 amide bonds. The molecule has 0 saturated carbocycles. The van der Waals surface area contributed by atoms with E-state index in [1.165, 1.54) is 25.3 Å². The molecule has 0 bridgehead atoms. The minimum absolute atomic E-state index is 0.0166. The Balaban J connectivity index is 1.86. The van der Waals surface area contributed by atoms with Gasteiger partial charge in [-0.2, -0.15) is 14.0 Å². The van der Waals surface area contributed by atoms with Gasteiger partial charge in [-0.25, -0.2) is 4.79 Å². The number of alkyl halides is 2. The van der Waals surface area contributed by atoms with E-state index in [4.69, 9.17) is 9.47 Å². The summed E-state index contributed by atoms with van der Waals surface area (Å²) in [6, 6.07) is 11.6. The molecule has 0 fully saturated rings. The number of halogens is 2. The summed E-state index contributed by atoms with van der Waals surface area (Å²) in [6.45, 7) is -3.33. The number of hydrogen-bond acceptors (Lipinski definition) is 5. The van der Waals surface area contributed by atoms with Crippen LogP contribution in [0.15, 0.2) is 48.8 Å². The summed E-state index contributed by atoms with van der Waals surface area (Å²) >= 11 is 0. The number of para-hydroxylation sites is 1. The summed E-state index contributed by atoms with van der Waals surface area (Å²) in [5.74, 6) is -1.29. The monoisotopic (exact) mass is 372 g/mol. The molecule has 0 radical (unpaired) electrons. The van der Waals surface area contributed by atoms with Crippen LogP contribution in [0.1, 0.15) is 21.5 Å². The van der Waals surface area contributed by atoms with Crippen molar-refractivity contribution in [2.75, 3.05) is 7.11 Å². The standard InChI is InChI=1S/C19H14F2N2O4/c1-25-16-7-4-5-13(17(16)27-19(20)21)18(24)26-11-12-10-23-8-3-2-6-15(23)14(12)9-22/h2-8,10,19H,11H2,1H3. The van der Waals surface area contributed by atoms with Crippen LogP contribution in [0.3, 0.4) is 0 Å². The Hall–Kier alpha value is -3.60. The second-order valence-corrected chi connectivity index (χ2v) is 5.43. The van der Waals surface area contributed by atoms with Crippen molar-refractivity contribution in [1.29, 1.82) is 5.26 Å². The highest BCUT2D eigenvalue weighted by molar-refractivity contribution is 5.93. The summed E-state index contributed by atoms with van der Waals surface area (Å²) < 4.78 is 41.7. The first-order chi connectivity index (χ1) is 13.0. The largest absolute Gasteiger partial charge is 0.493 e. The maximum Gasteiger partial charge on any atom is 0.387 e. The molecular formula is C19H14F2N2O4. The fraction of sp³-hybridized carbons (Fsp3) is 0.158.